The summed E-state index contributed by atoms with van der Waals surface area (Å²) >= 11 is 5.99. The Bertz CT molecular complexity index is 576. The van der Waals surface area contributed by atoms with E-state index in [0.717, 1.165) is 0 Å². The van der Waals surface area contributed by atoms with Crippen LogP contribution in [0.3, 0.4) is 0 Å². The lowest BCUT2D eigenvalue weighted by molar-refractivity contribution is -0.138. The van der Waals surface area contributed by atoms with Crippen LogP contribution in [0.25, 0.3) is 0 Å². The summed E-state index contributed by atoms with van der Waals surface area (Å²) in [5.41, 5.74) is 0. The van der Waals surface area contributed by atoms with E-state index >= 15 is 0 Å². The molecule has 2 amide bonds. The van der Waals surface area contributed by atoms with Gasteiger partial charge in [0, 0.05) is 46.1 Å². The summed E-state index contributed by atoms with van der Waals surface area (Å²) in [7, 11) is 1.47. The molecular formula is C14H20ClN5O3. The maximum Gasteiger partial charge on any atom is 0.318 e. The minimum Gasteiger partial charge on any atom is -0.467 e. The molecule has 23 heavy (non-hydrogen) atoms. The molecule has 2 rings (SSSR count). The van der Waals surface area contributed by atoms with Crippen molar-refractivity contribution < 1.29 is 14.3 Å². The number of piperazine rings is 1. The van der Waals surface area contributed by atoms with Crippen LogP contribution in [0.15, 0.2) is 6.20 Å². The van der Waals surface area contributed by atoms with Gasteiger partial charge in [-0.3, -0.25) is 9.59 Å². The van der Waals surface area contributed by atoms with E-state index < -0.39 is 0 Å². The third kappa shape index (κ3) is 4.69. The van der Waals surface area contributed by atoms with E-state index in [1.54, 1.807) is 16.7 Å². The number of rotatable bonds is 5. The molecule has 1 aliphatic rings. The van der Waals surface area contributed by atoms with Gasteiger partial charge >= 0.3 is 6.01 Å². The van der Waals surface area contributed by atoms with Crippen LogP contribution in [0.4, 0.5) is 5.82 Å². The van der Waals surface area contributed by atoms with Crippen molar-refractivity contribution in [3.63, 3.8) is 0 Å². The van der Waals surface area contributed by atoms with Gasteiger partial charge in [-0.2, -0.15) is 4.98 Å². The summed E-state index contributed by atoms with van der Waals surface area (Å²) in [4.78, 5) is 34.9. The van der Waals surface area contributed by atoms with Gasteiger partial charge in [0.2, 0.25) is 11.8 Å². The topological polar surface area (TPSA) is 87.7 Å². The number of ether oxygens (including phenoxy) is 1. The van der Waals surface area contributed by atoms with E-state index in [0.29, 0.717) is 50.0 Å². The zero-order chi connectivity index (χ0) is 16.8. The molecule has 9 heteroatoms. The number of anilines is 1. The maximum atomic E-state index is 12.2. The fourth-order valence-corrected chi connectivity index (χ4v) is 2.45. The third-order valence-electron chi connectivity index (χ3n) is 3.61. The van der Waals surface area contributed by atoms with Gasteiger partial charge in [0.1, 0.15) is 5.02 Å². The molecule has 1 N–H and O–H groups in total. The Morgan fingerprint density at radius 2 is 1.96 bits per heavy atom. The number of carbonyl (C=O) groups excluding carboxylic acids is 2. The molecule has 1 fully saturated rings. The zero-order valence-electron chi connectivity index (χ0n) is 13.2. The first kappa shape index (κ1) is 17.3. The molecule has 0 aliphatic carbocycles. The van der Waals surface area contributed by atoms with Crippen LogP contribution in [0.1, 0.15) is 13.3 Å². The predicted molar refractivity (Wildman–Crippen MR) is 85.5 cm³/mol. The zero-order valence-corrected chi connectivity index (χ0v) is 14.0. The molecule has 8 nitrogen and oxygen atoms in total. The Labute approximate surface area is 139 Å². The van der Waals surface area contributed by atoms with Crippen LogP contribution in [-0.2, 0) is 9.59 Å². The molecule has 0 atom stereocenters. The van der Waals surface area contributed by atoms with Crippen molar-refractivity contribution in [1.82, 2.24) is 19.8 Å². The number of nitrogens with one attached hydrogen (secondary N) is 1. The molecule has 0 radical (unpaired) electrons. The van der Waals surface area contributed by atoms with Crippen molar-refractivity contribution in [2.24, 2.45) is 0 Å². The summed E-state index contributed by atoms with van der Waals surface area (Å²) in [5.74, 6) is 0.525. The van der Waals surface area contributed by atoms with Crippen LogP contribution < -0.4 is 10.1 Å². The normalized spacial score (nSPS) is 14.6. The van der Waals surface area contributed by atoms with Gasteiger partial charge in [-0.25, -0.2) is 4.98 Å². The average Bonchev–Trinajstić information content (AvgIpc) is 2.56. The highest BCUT2D eigenvalue weighted by atomic mass is 35.5. The van der Waals surface area contributed by atoms with Gasteiger partial charge in [-0.05, 0) is 0 Å². The lowest BCUT2D eigenvalue weighted by Gasteiger charge is -2.34. The van der Waals surface area contributed by atoms with Crippen molar-refractivity contribution in [3.8, 4) is 6.01 Å². The SMILES string of the molecule is COc1ncc(Cl)c(NCCC(=O)N2CCN(C(C)=O)CC2)n1. The summed E-state index contributed by atoms with van der Waals surface area (Å²) in [6, 6.07) is 0.212. The number of amides is 2. The van der Waals surface area contributed by atoms with Crippen molar-refractivity contribution in [2.45, 2.75) is 13.3 Å². The van der Waals surface area contributed by atoms with Gasteiger partial charge in [-0.1, -0.05) is 11.6 Å². The average molecular weight is 342 g/mol. The third-order valence-corrected chi connectivity index (χ3v) is 3.89. The molecule has 1 aliphatic heterocycles. The van der Waals surface area contributed by atoms with Gasteiger partial charge < -0.3 is 19.9 Å². The van der Waals surface area contributed by atoms with Crippen LogP contribution in [-0.4, -0.2) is 71.4 Å². The van der Waals surface area contributed by atoms with Gasteiger partial charge in [-0.15, -0.1) is 0 Å². The van der Waals surface area contributed by atoms with Crippen molar-refractivity contribution in [2.75, 3.05) is 45.2 Å². The van der Waals surface area contributed by atoms with E-state index in [-0.39, 0.29) is 17.8 Å². The highest BCUT2D eigenvalue weighted by Crippen LogP contribution is 2.20. The Morgan fingerprint density at radius 1 is 1.30 bits per heavy atom. The molecule has 0 aromatic carbocycles. The highest BCUT2D eigenvalue weighted by Gasteiger charge is 2.21. The number of hydrogen-bond acceptors (Lipinski definition) is 6. The predicted octanol–water partition coefficient (Wildman–Crippen LogP) is 0.631. The van der Waals surface area contributed by atoms with E-state index in [9.17, 15) is 9.59 Å². The Balaban J connectivity index is 1.78. The molecule has 0 unspecified atom stereocenters. The fraction of sp³-hybridized carbons (Fsp3) is 0.571. The monoisotopic (exact) mass is 341 g/mol. The number of aromatic nitrogens is 2. The molecule has 0 spiro atoms. The summed E-state index contributed by atoms with van der Waals surface area (Å²) in [5, 5.41) is 3.38. The largest absolute Gasteiger partial charge is 0.467 e. The Kier molecular flexibility index (Phi) is 5.97. The molecule has 2 heterocycles. The maximum absolute atomic E-state index is 12.2. The highest BCUT2D eigenvalue weighted by molar-refractivity contribution is 6.32. The first-order valence-electron chi connectivity index (χ1n) is 7.35. The Hall–Kier alpha value is -2.09. The number of halogens is 1. The molecule has 126 valence electrons. The van der Waals surface area contributed by atoms with E-state index in [1.807, 2.05) is 0 Å². The molecular weight excluding hydrogens is 322 g/mol. The number of nitrogens with zero attached hydrogens (tertiary/aromatic N) is 4. The van der Waals surface area contributed by atoms with Crippen LogP contribution in [0.5, 0.6) is 6.01 Å². The second-order valence-corrected chi connectivity index (χ2v) is 5.52. The van der Waals surface area contributed by atoms with Crippen molar-refractivity contribution >= 4 is 29.2 Å². The van der Waals surface area contributed by atoms with Crippen LogP contribution in [0, 0.1) is 0 Å². The lowest BCUT2D eigenvalue weighted by Crippen LogP contribution is -2.50. The summed E-state index contributed by atoms with van der Waals surface area (Å²) < 4.78 is 4.93. The van der Waals surface area contributed by atoms with Crippen LogP contribution >= 0.6 is 11.6 Å². The van der Waals surface area contributed by atoms with E-state index in [2.05, 4.69) is 15.3 Å². The van der Waals surface area contributed by atoms with Crippen molar-refractivity contribution in [3.05, 3.63) is 11.2 Å². The lowest BCUT2D eigenvalue weighted by atomic mass is 10.2. The van der Waals surface area contributed by atoms with Crippen LogP contribution in [0.2, 0.25) is 5.02 Å². The minimum atomic E-state index is 0.0397. The molecule has 1 aromatic heterocycles. The van der Waals surface area contributed by atoms with Gasteiger partial charge in [0.25, 0.3) is 0 Å². The van der Waals surface area contributed by atoms with Crippen molar-refractivity contribution in [1.29, 1.82) is 0 Å². The van der Waals surface area contributed by atoms with Gasteiger partial charge in [0.15, 0.2) is 5.82 Å². The Morgan fingerprint density at radius 3 is 2.57 bits per heavy atom. The number of carbonyl (C=O) groups is 2. The standard InChI is InChI=1S/C14H20ClN5O3/c1-10(21)19-5-7-20(8-6-19)12(22)3-4-16-13-11(15)9-17-14(18-13)23-2/h9H,3-8H2,1-2H3,(H,16,17,18). The first-order valence-corrected chi connectivity index (χ1v) is 7.72. The second-order valence-electron chi connectivity index (χ2n) is 5.12. The molecule has 1 aromatic rings. The molecule has 0 bridgehead atoms. The summed E-state index contributed by atoms with van der Waals surface area (Å²) in [6.45, 7) is 4.26. The smallest absolute Gasteiger partial charge is 0.318 e. The fourth-order valence-electron chi connectivity index (χ4n) is 2.29. The molecule has 1 saturated heterocycles. The minimum absolute atomic E-state index is 0.0397. The number of hydrogen-bond donors (Lipinski definition) is 1. The second kappa shape index (κ2) is 7.96. The van der Waals surface area contributed by atoms with Gasteiger partial charge in [0.05, 0.1) is 13.3 Å². The first-order chi connectivity index (χ1) is 11.0. The van der Waals surface area contributed by atoms with E-state index in [1.165, 1.54) is 13.3 Å². The summed E-state index contributed by atoms with van der Waals surface area (Å²) in [6.07, 6.45) is 1.77. The molecule has 0 saturated carbocycles. The number of methoxy groups -OCH3 is 1. The quantitative estimate of drug-likeness (QED) is 0.845. The van der Waals surface area contributed by atoms with E-state index in [4.69, 9.17) is 16.3 Å².